The van der Waals surface area contributed by atoms with Crippen LogP contribution in [0.3, 0.4) is 0 Å². The van der Waals surface area contributed by atoms with Crippen LogP contribution in [-0.4, -0.2) is 32.1 Å². The van der Waals surface area contributed by atoms with Crippen LogP contribution >= 0.6 is 0 Å². The third-order valence-corrected chi connectivity index (χ3v) is 5.01. The van der Waals surface area contributed by atoms with Crippen molar-refractivity contribution in [3.63, 3.8) is 0 Å². The van der Waals surface area contributed by atoms with Gasteiger partial charge in [-0.1, -0.05) is 37.5 Å². The van der Waals surface area contributed by atoms with E-state index in [1.165, 1.54) is 20.6 Å². The minimum atomic E-state index is -0.367. The van der Waals surface area contributed by atoms with E-state index in [0.717, 1.165) is 25.7 Å². The Morgan fingerprint density at radius 1 is 0.857 bits per heavy atom. The van der Waals surface area contributed by atoms with E-state index in [-0.39, 0.29) is 17.9 Å². The SMILES string of the molecule is COc1cccc(C(=O)Nc2ccccc2C(=O)NC2CCCCC2)c1OC. The van der Waals surface area contributed by atoms with E-state index in [9.17, 15) is 9.59 Å². The average Bonchev–Trinajstić information content (AvgIpc) is 2.74. The predicted octanol–water partition coefficient (Wildman–Crippen LogP) is 4.02. The average molecular weight is 382 g/mol. The van der Waals surface area contributed by atoms with Crippen molar-refractivity contribution in [2.75, 3.05) is 19.5 Å². The molecule has 3 rings (SSSR count). The molecule has 28 heavy (non-hydrogen) atoms. The lowest BCUT2D eigenvalue weighted by atomic mass is 9.95. The van der Waals surface area contributed by atoms with Gasteiger partial charge < -0.3 is 20.1 Å². The number of carbonyl (C=O) groups excluding carboxylic acids is 2. The highest BCUT2D eigenvalue weighted by molar-refractivity contribution is 6.10. The zero-order valence-electron chi connectivity index (χ0n) is 16.3. The maximum atomic E-state index is 12.8. The first-order valence-corrected chi connectivity index (χ1v) is 9.56. The Morgan fingerprint density at radius 3 is 2.29 bits per heavy atom. The van der Waals surface area contributed by atoms with Gasteiger partial charge in [0.2, 0.25) is 0 Å². The molecule has 1 aliphatic carbocycles. The summed E-state index contributed by atoms with van der Waals surface area (Å²) in [6, 6.07) is 12.3. The lowest BCUT2D eigenvalue weighted by molar-refractivity contribution is 0.0928. The second-order valence-corrected chi connectivity index (χ2v) is 6.85. The van der Waals surface area contributed by atoms with Crippen LogP contribution < -0.4 is 20.1 Å². The molecule has 0 aromatic heterocycles. The summed E-state index contributed by atoms with van der Waals surface area (Å²) in [7, 11) is 3.00. The highest BCUT2D eigenvalue weighted by Gasteiger charge is 2.21. The van der Waals surface area contributed by atoms with Gasteiger partial charge >= 0.3 is 0 Å². The van der Waals surface area contributed by atoms with Crippen LogP contribution in [0.25, 0.3) is 0 Å². The third kappa shape index (κ3) is 4.44. The summed E-state index contributed by atoms with van der Waals surface area (Å²) in [5, 5.41) is 5.93. The molecule has 0 aliphatic heterocycles. The molecule has 0 saturated heterocycles. The van der Waals surface area contributed by atoms with Crippen LogP contribution in [0.1, 0.15) is 52.8 Å². The highest BCUT2D eigenvalue weighted by Crippen LogP contribution is 2.31. The predicted molar refractivity (Wildman–Crippen MR) is 108 cm³/mol. The van der Waals surface area contributed by atoms with Gasteiger partial charge in [-0.05, 0) is 37.1 Å². The molecule has 0 heterocycles. The number of benzene rings is 2. The first-order valence-electron chi connectivity index (χ1n) is 9.56. The molecule has 1 saturated carbocycles. The monoisotopic (exact) mass is 382 g/mol. The standard InChI is InChI=1S/C22H26N2O4/c1-27-19-14-8-12-17(20(19)28-2)22(26)24-18-13-7-6-11-16(18)21(25)23-15-9-4-3-5-10-15/h6-8,11-15H,3-5,9-10H2,1-2H3,(H,23,25)(H,24,26). The number of rotatable bonds is 6. The molecule has 2 N–H and O–H groups in total. The van der Waals surface area contributed by atoms with Crippen LogP contribution in [-0.2, 0) is 0 Å². The number of nitrogens with one attached hydrogen (secondary N) is 2. The van der Waals surface area contributed by atoms with Crippen molar-refractivity contribution in [2.45, 2.75) is 38.1 Å². The molecule has 0 radical (unpaired) electrons. The molecule has 0 spiro atoms. The quantitative estimate of drug-likeness (QED) is 0.791. The number of methoxy groups -OCH3 is 2. The Hall–Kier alpha value is -3.02. The summed E-state index contributed by atoms with van der Waals surface area (Å²) in [6.07, 6.45) is 5.50. The minimum absolute atomic E-state index is 0.166. The van der Waals surface area contributed by atoms with Crippen molar-refractivity contribution in [1.82, 2.24) is 5.32 Å². The fraction of sp³-hybridized carbons (Fsp3) is 0.364. The van der Waals surface area contributed by atoms with E-state index in [1.807, 2.05) is 0 Å². The van der Waals surface area contributed by atoms with Gasteiger partial charge in [-0.25, -0.2) is 0 Å². The second-order valence-electron chi connectivity index (χ2n) is 6.85. The summed E-state index contributed by atoms with van der Waals surface area (Å²) in [5.74, 6) is 0.291. The van der Waals surface area contributed by atoms with E-state index in [4.69, 9.17) is 9.47 Å². The number of para-hydroxylation sites is 2. The Kier molecular flexibility index (Phi) is 6.53. The molecule has 6 nitrogen and oxygen atoms in total. The summed E-state index contributed by atoms with van der Waals surface area (Å²) in [4.78, 5) is 25.6. The van der Waals surface area contributed by atoms with Gasteiger partial charge in [0.05, 0.1) is 31.0 Å². The zero-order valence-corrected chi connectivity index (χ0v) is 16.3. The Labute approximate surface area is 165 Å². The smallest absolute Gasteiger partial charge is 0.259 e. The molecule has 148 valence electrons. The van der Waals surface area contributed by atoms with Crippen molar-refractivity contribution in [2.24, 2.45) is 0 Å². The second kappa shape index (κ2) is 9.26. The van der Waals surface area contributed by atoms with E-state index in [2.05, 4.69) is 10.6 Å². The summed E-state index contributed by atoms with van der Waals surface area (Å²) in [6.45, 7) is 0. The Morgan fingerprint density at radius 2 is 1.57 bits per heavy atom. The number of carbonyl (C=O) groups is 2. The largest absolute Gasteiger partial charge is 0.493 e. The third-order valence-electron chi connectivity index (χ3n) is 5.01. The zero-order chi connectivity index (χ0) is 19.9. The van der Waals surface area contributed by atoms with Crippen molar-refractivity contribution in [3.8, 4) is 11.5 Å². The van der Waals surface area contributed by atoms with Gasteiger partial charge in [-0.2, -0.15) is 0 Å². The molecule has 2 amide bonds. The van der Waals surface area contributed by atoms with Crippen LogP contribution in [0.4, 0.5) is 5.69 Å². The maximum absolute atomic E-state index is 12.8. The number of amides is 2. The molecule has 0 unspecified atom stereocenters. The summed E-state index contributed by atoms with van der Waals surface area (Å²) >= 11 is 0. The van der Waals surface area contributed by atoms with Gasteiger partial charge in [-0.15, -0.1) is 0 Å². The molecule has 0 atom stereocenters. The molecular formula is C22H26N2O4. The van der Waals surface area contributed by atoms with E-state index in [0.29, 0.717) is 28.3 Å². The number of hydrogen-bond acceptors (Lipinski definition) is 4. The van der Waals surface area contributed by atoms with Crippen LogP contribution in [0, 0.1) is 0 Å². The van der Waals surface area contributed by atoms with E-state index in [1.54, 1.807) is 42.5 Å². The molecule has 1 aliphatic rings. The highest BCUT2D eigenvalue weighted by atomic mass is 16.5. The first kappa shape index (κ1) is 19.7. The fourth-order valence-corrected chi connectivity index (χ4v) is 3.56. The normalized spacial score (nSPS) is 14.2. The van der Waals surface area contributed by atoms with Gasteiger partial charge in [0.1, 0.15) is 0 Å². The van der Waals surface area contributed by atoms with Crippen molar-refractivity contribution >= 4 is 17.5 Å². The van der Waals surface area contributed by atoms with Gasteiger partial charge in [0.25, 0.3) is 11.8 Å². The van der Waals surface area contributed by atoms with Gasteiger partial charge in [0, 0.05) is 6.04 Å². The molecule has 2 aromatic rings. The summed E-state index contributed by atoms with van der Waals surface area (Å²) < 4.78 is 10.6. The van der Waals surface area contributed by atoms with Gasteiger partial charge in [-0.3, -0.25) is 9.59 Å². The molecular weight excluding hydrogens is 356 g/mol. The fourth-order valence-electron chi connectivity index (χ4n) is 3.56. The first-order chi connectivity index (χ1) is 13.6. The van der Waals surface area contributed by atoms with Crippen molar-refractivity contribution in [1.29, 1.82) is 0 Å². The summed E-state index contributed by atoms with van der Waals surface area (Å²) in [5.41, 5.74) is 1.25. The lowest BCUT2D eigenvalue weighted by Gasteiger charge is -2.23. The van der Waals surface area contributed by atoms with Crippen molar-refractivity contribution in [3.05, 3.63) is 53.6 Å². The molecule has 2 aromatic carbocycles. The van der Waals surface area contributed by atoms with Crippen LogP contribution in [0.2, 0.25) is 0 Å². The van der Waals surface area contributed by atoms with Crippen molar-refractivity contribution < 1.29 is 19.1 Å². The molecule has 1 fully saturated rings. The van der Waals surface area contributed by atoms with Gasteiger partial charge in [0.15, 0.2) is 11.5 Å². The number of hydrogen-bond donors (Lipinski definition) is 2. The van der Waals surface area contributed by atoms with Crippen LogP contribution in [0.15, 0.2) is 42.5 Å². The Balaban J connectivity index is 1.80. The topological polar surface area (TPSA) is 76.7 Å². The minimum Gasteiger partial charge on any atom is -0.493 e. The molecule has 0 bridgehead atoms. The van der Waals surface area contributed by atoms with E-state index >= 15 is 0 Å². The maximum Gasteiger partial charge on any atom is 0.259 e. The van der Waals surface area contributed by atoms with Crippen LogP contribution in [0.5, 0.6) is 11.5 Å². The Bertz CT molecular complexity index is 844. The number of ether oxygens (including phenoxy) is 2. The lowest BCUT2D eigenvalue weighted by Crippen LogP contribution is -2.36. The van der Waals surface area contributed by atoms with E-state index < -0.39 is 0 Å². The molecule has 6 heteroatoms. The number of anilines is 1.